The van der Waals surface area contributed by atoms with Crippen LogP contribution in [-0.2, 0) is 19.6 Å². The maximum atomic E-state index is 13.5. The summed E-state index contributed by atoms with van der Waals surface area (Å²) < 4.78 is 37.9. The number of methoxy groups -OCH3 is 1. The number of ether oxygens (including phenoxy) is 2. The monoisotopic (exact) mass is 487 g/mol. The summed E-state index contributed by atoms with van der Waals surface area (Å²) in [7, 11) is -2.17. The molecule has 1 unspecified atom stereocenters. The van der Waals surface area contributed by atoms with E-state index in [4.69, 9.17) is 9.47 Å². The Bertz CT molecular complexity index is 1160. The van der Waals surface area contributed by atoms with Crippen molar-refractivity contribution in [3.05, 3.63) is 53.6 Å². The average molecular weight is 488 g/mol. The Morgan fingerprint density at radius 1 is 1.06 bits per heavy atom. The molecule has 0 aliphatic carbocycles. The number of anilines is 1. The molecule has 1 atom stereocenters. The Kier molecular flexibility index (Phi) is 7.20. The van der Waals surface area contributed by atoms with Crippen molar-refractivity contribution in [2.45, 2.75) is 30.7 Å². The van der Waals surface area contributed by atoms with E-state index in [9.17, 15) is 18.0 Å². The zero-order valence-electron chi connectivity index (χ0n) is 19.3. The fourth-order valence-electron chi connectivity index (χ4n) is 4.27. The van der Waals surface area contributed by atoms with Crippen molar-refractivity contribution in [1.29, 1.82) is 0 Å². The van der Waals surface area contributed by atoms with Gasteiger partial charge in [0.15, 0.2) is 0 Å². The summed E-state index contributed by atoms with van der Waals surface area (Å²) in [5.74, 6) is 0.0627. The first-order valence-corrected chi connectivity index (χ1v) is 12.7. The van der Waals surface area contributed by atoms with E-state index in [1.807, 2.05) is 0 Å². The summed E-state index contributed by atoms with van der Waals surface area (Å²) in [6.45, 7) is 3.43. The van der Waals surface area contributed by atoms with Crippen molar-refractivity contribution < 1.29 is 27.5 Å². The largest absolute Gasteiger partial charge is 0.497 e. The van der Waals surface area contributed by atoms with Crippen molar-refractivity contribution in [1.82, 2.24) is 9.21 Å². The van der Waals surface area contributed by atoms with Gasteiger partial charge in [-0.1, -0.05) is 6.07 Å². The van der Waals surface area contributed by atoms with Crippen molar-refractivity contribution in [3.63, 3.8) is 0 Å². The second kappa shape index (κ2) is 10.1. The van der Waals surface area contributed by atoms with Crippen molar-refractivity contribution in [2.75, 3.05) is 45.3 Å². The lowest BCUT2D eigenvalue weighted by molar-refractivity contribution is -0.119. The number of hydrogen-bond acceptors (Lipinski definition) is 6. The summed E-state index contributed by atoms with van der Waals surface area (Å²) in [4.78, 5) is 28.1. The lowest BCUT2D eigenvalue weighted by Crippen LogP contribution is -2.43. The molecule has 9 nitrogen and oxygen atoms in total. The Balaban J connectivity index is 1.54. The van der Waals surface area contributed by atoms with Gasteiger partial charge in [0.25, 0.3) is 5.91 Å². The van der Waals surface area contributed by atoms with E-state index in [1.54, 1.807) is 44.4 Å². The van der Waals surface area contributed by atoms with Gasteiger partial charge in [0.05, 0.1) is 25.2 Å². The highest BCUT2D eigenvalue weighted by Crippen LogP contribution is 2.26. The van der Waals surface area contributed by atoms with Crippen LogP contribution in [-0.4, -0.2) is 75.4 Å². The number of carbonyl (C=O) groups excluding carboxylic acids is 2. The van der Waals surface area contributed by atoms with Crippen LogP contribution in [0.15, 0.2) is 47.4 Å². The molecule has 0 saturated carbocycles. The molecule has 2 aliphatic heterocycles. The molecule has 0 aromatic heterocycles. The highest BCUT2D eigenvalue weighted by molar-refractivity contribution is 7.89. The van der Waals surface area contributed by atoms with Crippen LogP contribution in [0.3, 0.4) is 0 Å². The number of morpholine rings is 1. The van der Waals surface area contributed by atoms with E-state index >= 15 is 0 Å². The SMILES string of the molecule is COc1ccc(NC(=O)C2CCCN2C(=O)c2cc(S(=O)(=O)N3CCOCC3)ccc2C)cc1. The van der Waals surface area contributed by atoms with Crippen LogP contribution in [0.25, 0.3) is 0 Å². The molecule has 2 aromatic carbocycles. The van der Waals surface area contributed by atoms with Gasteiger partial charge >= 0.3 is 0 Å². The second-order valence-electron chi connectivity index (χ2n) is 8.37. The predicted molar refractivity (Wildman–Crippen MR) is 126 cm³/mol. The number of hydrogen-bond donors (Lipinski definition) is 1. The summed E-state index contributed by atoms with van der Waals surface area (Å²) in [5.41, 5.74) is 1.56. The van der Waals surface area contributed by atoms with E-state index in [0.29, 0.717) is 55.2 Å². The fraction of sp³-hybridized carbons (Fsp3) is 0.417. The van der Waals surface area contributed by atoms with E-state index < -0.39 is 16.1 Å². The van der Waals surface area contributed by atoms with E-state index in [-0.39, 0.29) is 29.8 Å². The first kappa shape index (κ1) is 24.2. The van der Waals surface area contributed by atoms with Crippen LogP contribution in [0.2, 0.25) is 0 Å². The van der Waals surface area contributed by atoms with Crippen molar-refractivity contribution >= 4 is 27.5 Å². The molecule has 182 valence electrons. The smallest absolute Gasteiger partial charge is 0.254 e. The van der Waals surface area contributed by atoms with Crippen molar-refractivity contribution in [2.24, 2.45) is 0 Å². The average Bonchev–Trinajstić information content (AvgIpc) is 3.35. The standard InChI is InChI=1S/C24H29N3O6S/c1-17-5-10-20(34(30,31)26-12-14-33-15-13-26)16-21(17)24(29)27-11-3-4-22(27)23(28)25-18-6-8-19(32-2)9-7-18/h5-10,16,22H,3-4,11-15H2,1-2H3,(H,25,28). The molecule has 10 heteroatoms. The van der Waals surface area contributed by atoms with Gasteiger partial charge in [-0.15, -0.1) is 0 Å². The van der Waals surface area contributed by atoms with E-state index in [0.717, 1.165) is 0 Å². The highest BCUT2D eigenvalue weighted by atomic mass is 32.2. The Labute approximate surface area is 199 Å². The summed E-state index contributed by atoms with van der Waals surface area (Å²) in [6, 6.07) is 10.9. The quantitative estimate of drug-likeness (QED) is 0.670. The normalized spacial score (nSPS) is 19.1. The maximum Gasteiger partial charge on any atom is 0.254 e. The number of likely N-dealkylation sites (tertiary alicyclic amines) is 1. The van der Waals surface area contributed by atoms with Crippen molar-refractivity contribution in [3.8, 4) is 5.75 Å². The highest BCUT2D eigenvalue weighted by Gasteiger charge is 2.36. The number of rotatable bonds is 6. The molecular weight excluding hydrogens is 458 g/mol. The van der Waals surface area contributed by atoms with Gasteiger partial charge in [0.2, 0.25) is 15.9 Å². The van der Waals surface area contributed by atoms with Gasteiger partial charge in [-0.25, -0.2) is 8.42 Å². The molecule has 2 amide bonds. The predicted octanol–water partition coefficient (Wildman–Crippen LogP) is 2.27. The second-order valence-corrected chi connectivity index (χ2v) is 10.3. The molecule has 0 spiro atoms. The zero-order valence-corrected chi connectivity index (χ0v) is 20.1. The molecule has 2 saturated heterocycles. The zero-order chi connectivity index (χ0) is 24.3. The summed E-state index contributed by atoms with van der Waals surface area (Å²) >= 11 is 0. The number of benzene rings is 2. The Morgan fingerprint density at radius 3 is 2.44 bits per heavy atom. The third-order valence-electron chi connectivity index (χ3n) is 6.22. The van der Waals surface area contributed by atoms with Gasteiger partial charge in [0, 0.05) is 30.9 Å². The Hall–Kier alpha value is -2.95. The lowest BCUT2D eigenvalue weighted by atomic mass is 10.1. The molecule has 0 radical (unpaired) electrons. The molecule has 4 rings (SSSR count). The molecule has 0 bridgehead atoms. The minimum absolute atomic E-state index is 0.0711. The molecular formula is C24H29N3O6S. The maximum absolute atomic E-state index is 13.5. The fourth-order valence-corrected chi connectivity index (χ4v) is 5.70. The van der Waals surface area contributed by atoms with Gasteiger partial charge in [-0.3, -0.25) is 9.59 Å². The first-order valence-electron chi connectivity index (χ1n) is 11.3. The molecule has 2 aromatic rings. The number of nitrogens with zero attached hydrogens (tertiary/aromatic N) is 2. The van der Waals surface area contributed by atoms with E-state index in [1.165, 1.54) is 21.3 Å². The third kappa shape index (κ3) is 4.94. The minimum Gasteiger partial charge on any atom is -0.497 e. The topological polar surface area (TPSA) is 105 Å². The molecule has 1 N–H and O–H groups in total. The summed E-state index contributed by atoms with van der Waals surface area (Å²) in [5, 5.41) is 2.86. The van der Waals surface area contributed by atoms with Gasteiger partial charge in [-0.05, 0) is 61.7 Å². The first-order chi connectivity index (χ1) is 16.3. The summed E-state index contributed by atoms with van der Waals surface area (Å²) in [6.07, 6.45) is 1.23. The van der Waals surface area contributed by atoms with Crippen LogP contribution in [0.1, 0.15) is 28.8 Å². The molecule has 34 heavy (non-hydrogen) atoms. The lowest BCUT2D eigenvalue weighted by Gasteiger charge is -2.27. The minimum atomic E-state index is -3.74. The molecule has 2 fully saturated rings. The van der Waals surface area contributed by atoms with Crippen LogP contribution < -0.4 is 10.1 Å². The number of sulfonamides is 1. The van der Waals surface area contributed by atoms with Crippen LogP contribution in [0, 0.1) is 6.92 Å². The number of amides is 2. The third-order valence-corrected chi connectivity index (χ3v) is 8.12. The van der Waals surface area contributed by atoms with Gasteiger partial charge < -0.3 is 19.7 Å². The van der Waals surface area contributed by atoms with Gasteiger partial charge in [0.1, 0.15) is 11.8 Å². The van der Waals surface area contributed by atoms with Crippen LogP contribution in [0.4, 0.5) is 5.69 Å². The van der Waals surface area contributed by atoms with Crippen LogP contribution in [0.5, 0.6) is 5.75 Å². The molecule has 2 heterocycles. The number of nitrogens with one attached hydrogen (secondary N) is 1. The van der Waals surface area contributed by atoms with Crippen LogP contribution >= 0.6 is 0 Å². The molecule has 2 aliphatic rings. The van der Waals surface area contributed by atoms with Gasteiger partial charge in [-0.2, -0.15) is 4.31 Å². The number of carbonyl (C=O) groups is 2. The number of aryl methyl sites for hydroxylation is 1. The Morgan fingerprint density at radius 2 is 1.76 bits per heavy atom. The van der Waals surface area contributed by atoms with E-state index in [2.05, 4.69) is 5.32 Å².